The number of amides is 1. The molecular formula is C22H20N4O2. The Labute approximate surface area is 163 Å². The maximum atomic E-state index is 13.4. The fourth-order valence-electron chi connectivity index (χ4n) is 4.01. The van der Waals surface area contributed by atoms with Crippen molar-refractivity contribution in [3.05, 3.63) is 78.1 Å². The molecule has 0 saturated carbocycles. The van der Waals surface area contributed by atoms with Crippen molar-refractivity contribution in [2.75, 3.05) is 18.7 Å². The highest BCUT2D eigenvalue weighted by molar-refractivity contribution is 6.01. The van der Waals surface area contributed by atoms with Gasteiger partial charge in [-0.1, -0.05) is 30.4 Å². The number of carbonyl (C=O) groups excluding carboxylic acids is 1. The summed E-state index contributed by atoms with van der Waals surface area (Å²) in [6.07, 6.45) is 8.68. The van der Waals surface area contributed by atoms with Crippen LogP contribution in [0.2, 0.25) is 0 Å². The fraction of sp³-hybridized carbons (Fsp3) is 0.182. The second-order valence-electron chi connectivity index (χ2n) is 6.95. The number of fused-ring (bicyclic) bond motifs is 3. The Morgan fingerprint density at radius 3 is 2.89 bits per heavy atom. The van der Waals surface area contributed by atoms with E-state index in [1.807, 2.05) is 46.5 Å². The molecule has 0 fully saturated rings. The van der Waals surface area contributed by atoms with E-state index in [0.29, 0.717) is 6.54 Å². The molecule has 2 aliphatic rings. The van der Waals surface area contributed by atoms with Crippen LogP contribution in [0.5, 0.6) is 5.75 Å². The number of ether oxygens (including phenoxy) is 1. The van der Waals surface area contributed by atoms with Gasteiger partial charge in [-0.3, -0.25) is 14.9 Å². The lowest BCUT2D eigenvalue weighted by Gasteiger charge is -2.36. The van der Waals surface area contributed by atoms with Crippen molar-refractivity contribution in [3.63, 3.8) is 0 Å². The van der Waals surface area contributed by atoms with Crippen LogP contribution in [0.4, 0.5) is 5.69 Å². The summed E-state index contributed by atoms with van der Waals surface area (Å²) in [7, 11) is 1.65. The van der Waals surface area contributed by atoms with E-state index in [1.54, 1.807) is 13.3 Å². The van der Waals surface area contributed by atoms with E-state index >= 15 is 0 Å². The first-order valence-electron chi connectivity index (χ1n) is 9.29. The van der Waals surface area contributed by atoms with Gasteiger partial charge < -0.3 is 4.74 Å². The smallest absolute Gasteiger partial charge is 0.273 e. The number of hydrazine groups is 1. The summed E-state index contributed by atoms with van der Waals surface area (Å²) in [6.45, 7) is 0.637. The van der Waals surface area contributed by atoms with Crippen molar-refractivity contribution >= 4 is 11.6 Å². The zero-order valence-electron chi connectivity index (χ0n) is 15.5. The highest BCUT2D eigenvalue weighted by Gasteiger charge is 2.40. The number of hydrogen-bond donors (Lipinski definition) is 1. The SMILES string of the molecule is COc1cccc(N2CC=CCC3c4ccc(-c5cn[nH]c5)cc4C(=O)N32)c1. The average Bonchev–Trinajstić information content (AvgIpc) is 3.29. The number of rotatable bonds is 3. The van der Waals surface area contributed by atoms with Gasteiger partial charge in [0.25, 0.3) is 5.91 Å². The van der Waals surface area contributed by atoms with E-state index in [-0.39, 0.29) is 11.9 Å². The van der Waals surface area contributed by atoms with Crippen LogP contribution in [-0.2, 0) is 0 Å². The minimum atomic E-state index is -0.00847. The number of nitrogens with one attached hydrogen (secondary N) is 1. The summed E-state index contributed by atoms with van der Waals surface area (Å²) in [5.74, 6) is 0.797. The monoisotopic (exact) mass is 372 g/mol. The molecule has 0 spiro atoms. The molecule has 1 atom stereocenters. The van der Waals surface area contributed by atoms with Gasteiger partial charge >= 0.3 is 0 Å². The lowest BCUT2D eigenvalue weighted by Crippen LogP contribution is -2.44. The van der Waals surface area contributed by atoms with Crippen molar-refractivity contribution in [2.45, 2.75) is 12.5 Å². The third-order valence-corrected chi connectivity index (χ3v) is 5.39. The minimum Gasteiger partial charge on any atom is -0.497 e. The largest absolute Gasteiger partial charge is 0.497 e. The Bertz CT molecular complexity index is 1060. The maximum absolute atomic E-state index is 13.4. The fourth-order valence-corrected chi connectivity index (χ4v) is 4.01. The number of benzene rings is 2. The van der Waals surface area contributed by atoms with Gasteiger partial charge in [0.05, 0.1) is 31.6 Å². The van der Waals surface area contributed by atoms with Crippen LogP contribution in [0.25, 0.3) is 11.1 Å². The molecule has 0 saturated heterocycles. The molecule has 0 radical (unpaired) electrons. The summed E-state index contributed by atoms with van der Waals surface area (Å²) in [5.41, 5.74) is 4.72. The van der Waals surface area contributed by atoms with Crippen LogP contribution in [0, 0.1) is 0 Å². The molecule has 6 nitrogen and oxygen atoms in total. The highest BCUT2D eigenvalue weighted by Crippen LogP contribution is 2.41. The van der Waals surface area contributed by atoms with Crippen LogP contribution in [0.1, 0.15) is 28.4 Å². The van der Waals surface area contributed by atoms with E-state index in [9.17, 15) is 4.79 Å². The number of methoxy groups -OCH3 is 1. The molecule has 0 bridgehead atoms. The number of aromatic amines is 1. The Balaban J connectivity index is 1.58. The Morgan fingerprint density at radius 2 is 2.07 bits per heavy atom. The Kier molecular flexibility index (Phi) is 3.90. The molecule has 3 aromatic rings. The quantitative estimate of drug-likeness (QED) is 0.707. The zero-order valence-corrected chi connectivity index (χ0v) is 15.5. The average molecular weight is 372 g/mol. The Hall–Kier alpha value is -3.54. The number of carbonyl (C=O) groups is 1. The van der Waals surface area contributed by atoms with Crippen LogP contribution in [0.15, 0.2) is 67.0 Å². The molecule has 1 N–H and O–H groups in total. The normalized spacial score (nSPS) is 18.0. The molecule has 140 valence electrons. The summed E-state index contributed by atoms with van der Waals surface area (Å²) in [5, 5.41) is 10.8. The molecule has 5 rings (SSSR count). The van der Waals surface area contributed by atoms with Crippen LogP contribution < -0.4 is 9.75 Å². The first-order valence-corrected chi connectivity index (χ1v) is 9.29. The van der Waals surface area contributed by atoms with Gasteiger partial charge in [-0.05, 0) is 35.7 Å². The molecule has 2 aliphatic heterocycles. The molecule has 28 heavy (non-hydrogen) atoms. The van der Waals surface area contributed by atoms with E-state index < -0.39 is 0 Å². The zero-order chi connectivity index (χ0) is 19.1. The molecule has 0 aliphatic carbocycles. The van der Waals surface area contributed by atoms with Crippen LogP contribution in [-0.4, -0.2) is 34.8 Å². The molecule has 1 amide bonds. The van der Waals surface area contributed by atoms with Crippen LogP contribution in [0.3, 0.4) is 0 Å². The number of anilines is 1. The third-order valence-electron chi connectivity index (χ3n) is 5.39. The lowest BCUT2D eigenvalue weighted by molar-refractivity contribution is 0.0710. The van der Waals surface area contributed by atoms with Crippen molar-refractivity contribution < 1.29 is 9.53 Å². The van der Waals surface area contributed by atoms with E-state index in [4.69, 9.17) is 4.74 Å². The molecular weight excluding hydrogens is 352 g/mol. The number of hydrogen-bond acceptors (Lipinski definition) is 4. The van der Waals surface area contributed by atoms with E-state index in [2.05, 4.69) is 34.5 Å². The minimum absolute atomic E-state index is 0.00847. The van der Waals surface area contributed by atoms with E-state index in [1.165, 1.54) is 0 Å². The lowest BCUT2D eigenvalue weighted by atomic mass is 9.98. The number of H-pyrrole nitrogens is 1. The molecule has 3 heterocycles. The number of nitrogens with zero attached hydrogens (tertiary/aromatic N) is 3. The highest BCUT2D eigenvalue weighted by atomic mass is 16.5. The standard InChI is InChI=1S/C22H20N4O2/c1-28-18-6-4-5-17(12-18)25-10-3-2-7-21-19-9-8-15(16-13-23-24-14-16)11-20(19)22(27)26(21)25/h2-6,8-9,11-14,21H,7,10H2,1H3,(H,23,24). The number of aromatic nitrogens is 2. The third kappa shape index (κ3) is 2.57. The topological polar surface area (TPSA) is 61.5 Å². The molecule has 2 aromatic carbocycles. The molecule has 1 aromatic heterocycles. The summed E-state index contributed by atoms with van der Waals surface area (Å²) in [6, 6.07) is 13.9. The van der Waals surface area contributed by atoms with Gasteiger partial charge in [0.2, 0.25) is 0 Å². The van der Waals surface area contributed by atoms with Gasteiger partial charge in [-0.2, -0.15) is 5.10 Å². The van der Waals surface area contributed by atoms with Crippen LogP contribution >= 0.6 is 0 Å². The van der Waals surface area contributed by atoms with Crippen molar-refractivity contribution in [1.82, 2.24) is 15.2 Å². The van der Waals surface area contributed by atoms with Gasteiger partial charge in [-0.15, -0.1) is 0 Å². The predicted molar refractivity (Wildman–Crippen MR) is 107 cm³/mol. The molecule has 1 unspecified atom stereocenters. The van der Waals surface area contributed by atoms with Gasteiger partial charge in [0.1, 0.15) is 5.75 Å². The second-order valence-corrected chi connectivity index (χ2v) is 6.95. The maximum Gasteiger partial charge on any atom is 0.273 e. The van der Waals surface area contributed by atoms with Gasteiger partial charge in [-0.25, -0.2) is 5.01 Å². The van der Waals surface area contributed by atoms with Gasteiger partial charge in [0.15, 0.2) is 0 Å². The van der Waals surface area contributed by atoms with Crippen molar-refractivity contribution in [1.29, 1.82) is 0 Å². The first-order chi connectivity index (χ1) is 13.8. The Morgan fingerprint density at radius 1 is 1.14 bits per heavy atom. The summed E-state index contributed by atoms with van der Waals surface area (Å²) < 4.78 is 5.38. The van der Waals surface area contributed by atoms with Crippen molar-refractivity contribution in [2.24, 2.45) is 0 Å². The summed E-state index contributed by atoms with van der Waals surface area (Å²) >= 11 is 0. The van der Waals surface area contributed by atoms with E-state index in [0.717, 1.165) is 40.1 Å². The predicted octanol–water partition coefficient (Wildman–Crippen LogP) is 3.96. The summed E-state index contributed by atoms with van der Waals surface area (Å²) in [4.78, 5) is 13.4. The first kappa shape index (κ1) is 16.6. The van der Waals surface area contributed by atoms with Crippen molar-refractivity contribution in [3.8, 4) is 16.9 Å². The second kappa shape index (κ2) is 6.56. The van der Waals surface area contributed by atoms with Gasteiger partial charge in [0, 0.05) is 23.4 Å². The molecule has 6 heteroatoms.